The molecule has 3 heteroatoms. The van der Waals surface area contributed by atoms with Gasteiger partial charge in [0, 0.05) is 28.9 Å². The highest BCUT2D eigenvalue weighted by Gasteiger charge is 2.15. The minimum absolute atomic E-state index is 0.756. The fourth-order valence-corrected chi connectivity index (χ4v) is 3.37. The number of aromatic amines is 1. The number of nitrogens with two attached hydrogens (primary N) is 1. The van der Waals surface area contributed by atoms with E-state index in [1.807, 2.05) is 18.5 Å². The Bertz CT molecular complexity index is 774. The lowest BCUT2D eigenvalue weighted by Gasteiger charge is -2.05. The molecule has 0 amide bonds. The van der Waals surface area contributed by atoms with Crippen LogP contribution >= 0.6 is 0 Å². The van der Waals surface area contributed by atoms with Crippen molar-refractivity contribution >= 4 is 10.9 Å². The third-order valence-electron chi connectivity index (χ3n) is 4.66. The Morgan fingerprint density at radius 2 is 1.96 bits per heavy atom. The van der Waals surface area contributed by atoms with E-state index in [9.17, 15) is 0 Å². The normalized spacial score (nSPS) is 11.2. The third kappa shape index (κ3) is 3.51. The number of hydrogen-bond acceptors (Lipinski definition) is 2. The van der Waals surface area contributed by atoms with E-state index in [2.05, 4.69) is 41.2 Å². The van der Waals surface area contributed by atoms with Crippen LogP contribution in [0.15, 0.2) is 42.7 Å². The van der Waals surface area contributed by atoms with E-state index in [0.717, 1.165) is 37.8 Å². The van der Waals surface area contributed by atoms with E-state index in [-0.39, 0.29) is 0 Å². The smallest absolute Gasteiger partial charge is 0.0513 e. The summed E-state index contributed by atoms with van der Waals surface area (Å²) in [7, 11) is 0. The second kappa shape index (κ2) is 8.11. The van der Waals surface area contributed by atoms with Crippen molar-refractivity contribution in [2.75, 3.05) is 6.54 Å². The maximum absolute atomic E-state index is 5.69. The van der Waals surface area contributed by atoms with Gasteiger partial charge in [-0.05, 0) is 61.9 Å². The number of aromatic nitrogens is 2. The predicted octanol–water partition coefficient (Wildman–Crippen LogP) is 4.85. The molecule has 0 bridgehead atoms. The highest BCUT2D eigenvalue weighted by molar-refractivity contribution is 5.92. The number of nitrogens with one attached hydrogen (secondary N) is 1. The molecule has 126 valence electrons. The zero-order valence-electron chi connectivity index (χ0n) is 14.5. The maximum Gasteiger partial charge on any atom is 0.0513 e. The number of aryl methyl sites for hydroxylation is 2. The summed E-state index contributed by atoms with van der Waals surface area (Å²) in [5.41, 5.74) is 12.2. The van der Waals surface area contributed by atoms with Crippen LogP contribution in [0.2, 0.25) is 0 Å². The van der Waals surface area contributed by atoms with Crippen molar-refractivity contribution < 1.29 is 0 Å². The Morgan fingerprint density at radius 1 is 1.04 bits per heavy atom. The first-order valence-electron chi connectivity index (χ1n) is 9.08. The standard InChI is InChI=1S/C21H27N3/c1-2-3-8-16-9-6-12-19-18(11-4-5-13-22)21(24-20(16)19)17-10-7-14-23-15-17/h6-7,9-10,12,14-15,24H,2-5,8,11,13,22H2,1H3. The van der Waals surface area contributed by atoms with Gasteiger partial charge in [-0.2, -0.15) is 0 Å². The van der Waals surface area contributed by atoms with E-state index in [0.29, 0.717) is 0 Å². The molecule has 3 nitrogen and oxygen atoms in total. The molecule has 0 unspecified atom stereocenters. The van der Waals surface area contributed by atoms with Crippen LogP contribution < -0.4 is 5.73 Å². The Balaban J connectivity index is 2.08. The number of pyridine rings is 1. The largest absolute Gasteiger partial charge is 0.354 e. The van der Waals surface area contributed by atoms with Crippen molar-refractivity contribution in [3.63, 3.8) is 0 Å². The lowest BCUT2D eigenvalue weighted by atomic mass is 9.99. The molecule has 0 radical (unpaired) electrons. The van der Waals surface area contributed by atoms with Gasteiger partial charge in [-0.15, -0.1) is 0 Å². The Morgan fingerprint density at radius 3 is 2.71 bits per heavy atom. The van der Waals surface area contributed by atoms with Gasteiger partial charge in [0.05, 0.1) is 5.69 Å². The topological polar surface area (TPSA) is 54.7 Å². The van der Waals surface area contributed by atoms with Gasteiger partial charge in [-0.25, -0.2) is 0 Å². The number of unbranched alkanes of at least 4 members (excludes halogenated alkanes) is 2. The average Bonchev–Trinajstić information content (AvgIpc) is 3.00. The molecule has 0 saturated heterocycles. The summed E-state index contributed by atoms with van der Waals surface area (Å²) >= 11 is 0. The van der Waals surface area contributed by atoms with Gasteiger partial charge in [-0.3, -0.25) is 4.98 Å². The minimum Gasteiger partial charge on any atom is -0.354 e. The summed E-state index contributed by atoms with van der Waals surface area (Å²) in [6, 6.07) is 10.8. The van der Waals surface area contributed by atoms with Crippen LogP contribution in [0.4, 0.5) is 0 Å². The summed E-state index contributed by atoms with van der Waals surface area (Å²) in [6.07, 6.45) is 10.6. The zero-order chi connectivity index (χ0) is 16.8. The molecule has 2 heterocycles. The van der Waals surface area contributed by atoms with Crippen LogP contribution in [-0.4, -0.2) is 16.5 Å². The molecule has 0 saturated carbocycles. The van der Waals surface area contributed by atoms with Crippen LogP contribution in [0.5, 0.6) is 0 Å². The number of rotatable bonds is 8. The molecule has 3 rings (SSSR count). The molecule has 0 aliphatic rings. The molecule has 0 fully saturated rings. The number of nitrogens with zero attached hydrogens (tertiary/aromatic N) is 1. The van der Waals surface area contributed by atoms with Gasteiger partial charge in [0.15, 0.2) is 0 Å². The molecule has 24 heavy (non-hydrogen) atoms. The van der Waals surface area contributed by atoms with Crippen LogP contribution in [0.3, 0.4) is 0 Å². The molecule has 0 spiro atoms. The van der Waals surface area contributed by atoms with E-state index in [1.165, 1.54) is 40.6 Å². The molecule has 0 atom stereocenters. The van der Waals surface area contributed by atoms with Crippen LogP contribution in [0.25, 0.3) is 22.2 Å². The predicted molar refractivity (Wildman–Crippen MR) is 102 cm³/mol. The SMILES string of the molecule is CCCCc1cccc2c(CCCCN)c(-c3cccnc3)[nH]c12. The van der Waals surface area contributed by atoms with Crippen molar-refractivity contribution in [2.24, 2.45) is 5.73 Å². The van der Waals surface area contributed by atoms with Gasteiger partial charge in [-0.1, -0.05) is 31.5 Å². The number of H-pyrrole nitrogens is 1. The number of para-hydroxylation sites is 1. The monoisotopic (exact) mass is 321 g/mol. The van der Waals surface area contributed by atoms with E-state index in [4.69, 9.17) is 5.73 Å². The lowest BCUT2D eigenvalue weighted by Crippen LogP contribution is -1.99. The third-order valence-corrected chi connectivity index (χ3v) is 4.66. The summed E-state index contributed by atoms with van der Waals surface area (Å²) in [5.74, 6) is 0. The van der Waals surface area contributed by atoms with Gasteiger partial charge in [0.1, 0.15) is 0 Å². The number of hydrogen-bond donors (Lipinski definition) is 2. The van der Waals surface area contributed by atoms with Crippen molar-refractivity contribution in [2.45, 2.75) is 45.4 Å². The number of benzene rings is 1. The van der Waals surface area contributed by atoms with Crippen LogP contribution in [0.1, 0.15) is 43.7 Å². The highest BCUT2D eigenvalue weighted by atomic mass is 14.7. The molecular formula is C21H27N3. The first-order chi connectivity index (χ1) is 11.8. The lowest BCUT2D eigenvalue weighted by molar-refractivity contribution is 0.748. The van der Waals surface area contributed by atoms with Crippen molar-refractivity contribution in [1.82, 2.24) is 9.97 Å². The highest BCUT2D eigenvalue weighted by Crippen LogP contribution is 2.33. The van der Waals surface area contributed by atoms with Gasteiger partial charge in [0.25, 0.3) is 0 Å². The fourth-order valence-electron chi connectivity index (χ4n) is 3.37. The first kappa shape index (κ1) is 16.7. The second-order valence-corrected chi connectivity index (χ2v) is 6.41. The van der Waals surface area contributed by atoms with Gasteiger partial charge in [0.2, 0.25) is 0 Å². The average molecular weight is 321 g/mol. The Labute approximate surface area is 144 Å². The molecule has 2 aromatic heterocycles. The fraction of sp³-hybridized carbons (Fsp3) is 0.381. The summed E-state index contributed by atoms with van der Waals surface area (Å²) in [5, 5.41) is 1.36. The number of fused-ring (bicyclic) bond motifs is 1. The summed E-state index contributed by atoms with van der Waals surface area (Å²) < 4.78 is 0. The van der Waals surface area contributed by atoms with Crippen molar-refractivity contribution in [3.05, 3.63) is 53.9 Å². The molecule has 0 aliphatic heterocycles. The summed E-state index contributed by atoms with van der Waals surface area (Å²) in [6.45, 7) is 3.00. The minimum atomic E-state index is 0.756. The van der Waals surface area contributed by atoms with Crippen molar-refractivity contribution in [3.8, 4) is 11.3 Å². The van der Waals surface area contributed by atoms with E-state index in [1.54, 1.807) is 0 Å². The van der Waals surface area contributed by atoms with Crippen LogP contribution in [0, 0.1) is 0 Å². The Hall–Kier alpha value is -2.13. The molecule has 1 aromatic carbocycles. The maximum atomic E-state index is 5.69. The first-order valence-corrected chi connectivity index (χ1v) is 9.08. The van der Waals surface area contributed by atoms with Crippen LogP contribution in [-0.2, 0) is 12.8 Å². The second-order valence-electron chi connectivity index (χ2n) is 6.41. The van der Waals surface area contributed by atoms with E-state index >= 15 is 0 Å². The molecule has 0 aliphatic carbocycles. The van der Waals surface area contributed by atoms with Crippen molar-refractivity contribution in [1.29, 1.82) is 0 Å². The molecule has 3 aromatic rings. The molecular weight excluding hydrogens is 294 g/mol. The molecule has 3 N–H and O–H groups in total. The summed E-state index contributed by atoms with van der Waals surface area (Å²) in [4.78, 5) is 8.01. The van der Waals surface area contributed by atoms with Gasteiger partial charge >= 0.3 is 0 Å². The van der Waals surface area contributed by atoms with E-state index < -0.39 is 0 Å². The zero-order valence-corrected chi connectivity index (χ0v) is 14.5. The van der Waals surface area contributed by atoms with Gasteiger partial charge < -0.3 is 10.7 Å². The Kier molecular flexibility index (Phi) is 5.65. The quantitative estimate of drug-likeness (QED) is 0.582.